The largest absolute Gasteiger partial charge is 0.457 e. The van der Waals surface area contributed by atoms with Crippen LogP contribution >= 0.6 is 0 Å². The van der Waals surface area contributed by atoms with E-state index in [0.717, 1.165) is 16.7 Å². The van der Waals surface area contributed by atoms with Gasteiger partial charge in [-0.15, -0.1) is 0 Å². The van der Waals surface area contributed by atoms with E-state index in [1.54, 1.807) is 24.3 Å². The van der Waals surface area contributed by atoms with Crippen LogP contribution in [-0.4, -0.2) is 5.91 Å². The van der Waals surface area contributed by atoms with Crippen LogP contribution in [0.5, 0.6) is 11.5 Å². The summed E-state index contributed by atoms with van der Waals surface area (Å²) in [5.74, 6) is 0.954. The average Bonchev–Trinajstić information content (AvgIpc) is 2.89. The van der Waals surface area contributed by atoms with Crippen molar-refractivity contribution in [3.05, 3.63) is 126 Å². The molecule has 0 spiro atoms. The van der Waals surface area contributed by atoms with Crippen molar-refractivity contribution < 1.29 is 9.53 Å². The zero-order chi connectivity index (χ0) is 25.5. The molecule has 0 aliphatic carbocycles. The maximum absolute atomic E-state index is 13.3. The summed E-state index contributed by atoms with van der Waals surface area (Å²) in [5.41, 5.74) is 3.90. The number of benzene rings is 4. The Labute approximate surface area is 212 Å². The first-order chi connectivity index (χ1) is 17.3. The maximum Gasteiger partial charge on any atom is 0.255 e. The summed E-state index contributed by atoms with van der Waals surface area (Å²) in [7, 11) is 0. The van der Waals surface area contributed by atoms with Crippen molar-refractivity contribution in [2.75, 3.05) is 0 Å². The molecule has 0 aliphatic rings. The smallest absolute Gasteiger partial charge is 0.255 e. The minimum atomic E-state index is -0.475. The lowest BCUT2D eigenvalue weighted by Gasteiger charge is -2.25. The summed E-state index contributed by atoms with van der Waals surface area (Å²) in [6.07, 6.45) is 0. The van der Waals surface area contributed by atoms with E-state index in [2.05, 4.69) is 11.4 Å². The summed E-state index contributed by atoms with van der Waals surface area (Å²) >= 11 is 0. The number of carbonyl (C=O) groups is 1. The van der Waals surface area contributed by atoms with Crippen molar-refractivity contribution in [2.24, 2.45) is 5.41 Å². The van der Waals surface area contributed by atoms with Crippen LogP contribution in [0.2, 0.25) is 0 Å². The van der Waals surface area contributed by atoms with E-state index in [1.807, 2.05) is 106 Å². The molecule has 0 fully saturated rings. The van der Waals surface area contributed by atoms with Gasteiger partial charge in [0.25, 0.3) is 5.91 Å². The lowest BCUT2D eigenvalue weighted by Crippen LogP contribution is -2.31. The molecule has 4 aromatic carbocycles. The van der Waals surface area contributed by atoms with Gasteiger partial charge < -0.3 is 10.1 Å². The molecule has 0 radical (unpaired) electrons. The second-order valence-corrected chi connectivity index (χ2v) is 9.45. The molecular formula is C32H28N2O2. The lowest BCUT2D eigenvalue weighted by atomic mass is 9.86. The molecule has 0 saturated carbocycles. The summed E-state index contributed by atoms with van der Waals surface area (Å²) in [5, 5.41) is 13.1. The Morgan fingerprint density at radius 1 is 0.722 bits per heavy atom. The van der Waals surface area contributed by atoms with E-state index >= 15 is 0 Å². The van der Waals surface area contributed by atoms with Gasteiger partial charge in [0.1, 0.15) is 17.6 Å². The first-order valence-electron chi connectivity index (χ1n) is 11.8. The fourth-order valence-corrected chi connectivity index (χ4v) is 3.86. The molecular weight excluding hydrogens is 444 g/mol. The Bertz CT molecular complexity index is 1410. The van der Waals surface area contributed by atoms with Gasteiger partial charge in [-0.3, -0.25) is 4.79 Å². The van der Waals surface area contributed by atoms with Crippen LogP contribution in [0, 0.1) is 16.7 Å². The topological polar surface area (TPSA) is 62.1 Å². The molecule has 0 unspecified atom stereocenters. The summed E-state index contributed by atoms with van der Waals surface area (Å²) in [6.45, 7) is 5.94. The van der Waals surface area contributed by atoms with E-state index in [-0.39, 0.29) is 5.91 Å². The highest BCUT2D eigenvalue weighted by molar-refractivity contribution is 5.97. The summed E-state index contributed by atoms with van der Waals surface area (Å²) in [6, 6.07) is 36.7. The van der Waals surface area contributed by atoms with Crippen molar-refractivity contribution in [2.45, 2.75) is 20.8 Å². The van der Waals surface area contributed by atoms with Gasteiger partial charge in [-0.2, -0.15) is 5.26 Å². The highest BCUT2D eigenvalue weighted by atomic mass is 16.5. The Hall–Kier alpha value is -4.62. The quantitative estimate of drug-likeness (QED) is 0.291. The monoisotopic (exact) mass is 472 g/mol. The van der Waals surface area contributed by atoms with Crippen molar-refractivity contribution in [1.82, 2.24) is 5.32 Å². The van der Waals surface area contributed by atoms with E-state index in [0.29, 0.717) is 28.3 Å². The van der Waals surface area contributed by atoms with Crippen molar-refractivity contribution in [3.8, 4) is 28.7 Å². The van der Waals surface area contributed by atoms with Gasteiger partial charge in [0.15, 0.2) is 0 Å². The van der Waals surface area contributed by atoms with Crippen LogP contribution in [0.15, 0.2) is 115 Å². The SMILES string of the molecule is CC(C)(C)/C(NC(=O)c1cccc(Oc2ccccc2)c1)=C(\C#N)c1ccc(-c2ccccc2)cc1. The van der Waals surface area contributed by atoms with Gasteiger partial charge >= 0.3 is 0 Å². The summed E-state index contributed by atoms with van der Waals surface area (Å²) in [4.78, 5) is 13.3. The molecule has 36 heavy (non-hydrogen) atoms. The molecule has 0 bridgehead atoms. The molecule has 4 rings (SSSR count). The number of carbonyl (C=O) groups excluding carboxylic acids is 1. The second kappa shape index (κ2) is 10.8. The molecule has 0 heterocycles. The van der Waals surface area contributed by atoms with Gasteiger partial charge in [-0.25, -0.2) is 0 Å². The predicted octanol–water partition coefficient (Wildman–Crippen LogP) is 7.86. The molecule has 178 valence electrons. The van der Waals surface area contributed by atoms with Crippen molar-refractivity contribution >= 4 is 11.5 Å². The Kier molecular flexibility index (Phi) is 7.32. The molecule has 0 aromatic heterocycles. The Morgan fingerprint density at radius 3 is 1.92 bits per heavy atom. The number of allylic oxidation sites excluding steroid dienone is 2. The number of rotatable bonds is 6. The normalized spacial score (nSPS) is 11.7. The molecule has 0 atom stereocenters. The molecule has 4 heteroatoms. The summed E-state index contributed by atoms with van der Waals surface area (Å²) < 4.78 is 5.88. The van der Waals surface area contributed by atoms with Crippen LogP contribution in [-0.2, 0) is 0 Å². The number of ether oxygens (including phenoxy) is 1. The number of hydrogen-bond acceptors (Lipinski definition) is 3. The van der Waals surface area contributed by atoms with Gasteiger partial charge in [0.05, 0.1) is 5.57 Å². The minimum absolute atomic E-state index is 0.299. The minimum Gasteiger partial charge on any atom is -0.457 e. The molecule has 0 aliphatic heterocycles. The Morgan fingerprint density at radius 2 is 1.31 bits per heavy atom. The van der Waals surface area contributed by atoms with Crippen molar-refractivity contribution in [1.29, 1.82) is 5.26 Å². The highest BCUT2D eigenvalue weighted by Crippen LogP contribution is 2.32. The zero-order valence-corrected chi connectivity index (χ0v) is 20.7. The standard InChI is InChI=1S/C32H28N2O2/c1-32(2,3)30(29(22-33)25-19-17-24(18-20-25)23-11-6-4-7-12-23)34-31(35)26-13-10-16-28(21-26)36-27-14-8-5-9-15-27/h4-21H,1-3H3,(H,34,35)/b30-29-. The van der Waals surface area contributed by atoms with Gasteiger partial charge in [0, 0.05) is 16.7 Å². The Balaban J connectivity index is 1.63. The van der Waals surface area contributed by atoms with Gasteiger partial charge in [-0.1, -0.05) is 99.6 Å². The van der Waals surface area contributed by atoms with E-state index in [4.69, 9.17) is 4.74 Å². The third-order valence-electron chi connectivity index (χ3n) is 5.71. The maximum atomic E-state index is 13.3. The molecule has 4 aromatic rings. The van der Waals surface area contributed by atoms with Crippen LogP contribution in [0.25, 0.3) is 16.7 Å². The predicted molar refractivity (Wildman–Crippen MR) is 144 cm³/mol. The first kappa shape index (κ1) is 24.5. The number of nitrogens with zero attached hydrogens (tertiary/aromatic N) is 1. The van der Waals surface area contributed by atoms with Crippen molar-refractivity contribution in [3.63, 3.8) is 0 Å². The van der Waals surface area contributed by atoms with E-state index < -0.39 is 5.41 Å². The van der Waals surface area contributed by atoms with Gasteiger partial charge in [-0.05, 0) is 47.0 Å². The third-order valence-corrected chi connectivity index (χ3v) is 5.71. The van der Waals surface area contributed by atoms with Crippen LogP contribution < -0.4 is 10.1 Å². The van der Waals surface area contributed by atoms with E-state index in [1.165, 1.54) is 0 Å². The zero-order valence-electron chi connectivity index (χ0n) is 20.7. The lowest BCUT2D eigenvalue weighted by molar-refractivity contribution is 0.0957. The highest BCUT2D eigenvalue weighted by Gasteiger charge is 2.25. The molecule has 4 nitrogen and oxygen atoms in total. The third kappa shape index (κ3) is 5.89. The number of hydrogen-bond donors (Lipinski definition) is 1. The fourth-order valence-electron chi connectivity index (χ4n) is 3.86. The number of para-hydroxylation sites is 1. The number of amides is 1. The second-order valence-electron chi connectivity index (χ2n) is 9.45. The van der Waals surface area contributed by atoms with Crippen LogP contribution in [0.3, 0.4) is 0 Å². The van der Waals surface area contributed by atoms with Gasteiger partial charge in [0.2, 0.25) is 0 Å². The number of nitriles is 1. The van der Waals surface area contributed by atoms with Crippen LogP contribution in [0.1, 0.15) is 36.7 Å². The molecule has 1 amide bonds. The van der Waals surface area contributed by atoms with Crippen LogP contribution in [0.4, 0.5) is 0 Å². The first-order valence-corrected chi connectivity index (χ1v) is 11.8. The fraction of sp³-hybridized carbons (Fsp3) is 0.125. The molecule has 1 N–H and O–H groups in total. The molecule has 0 saturated heterocycles. The average molecular weight is 473 g/mol. The number of nitrogens with one attached hydrogen (secondary N) is 1. The van der Waals surface area contributed by atoms with E-state index in [9.17, 15) is 10.1 Å².